The average Bonchev–Trinajstić information content (AvgIpc) is 3.95. The van der Waals surface area contributed by atoms with Crippen LogP contribution in [0.1, 0.15) is 80.0 Å². The first-order chi connectivity index (χ1) is 30.0. The van der Waals surface area contributed by atoms with Gasteiger partial charge in [-0.3, -0.25) is 48.2 Å². The summed E-state index contributed by atoms with van der Waals surface area (Å²) in [4.78, 5) is 105. The smallest absolute Gasteiger partial charge is 0.305 e. The fraction of sp³-hybridized carbons (Fsp3) is 0.381. The van der Waals surface area contributed by atoms with Gasteiger partial charge in [0.1, 0.15) is 39.6 Å². The minimum atomic E-state index is -0.694. The lowest BCUT2D eigenvalue weighted by atomic mass is 9.86. The molecule has 0 saturated carbocycles. The largest absolute Gasteiger partial charge is 0.485 e. The van der Waals surface area contributed by atoms with Crippen LogP contribution in [-0.4, -0.2) is 122 Å². The maximum atomic E-state index is 13.6. The Kier molecular flexibility index (Phi) is 12.7. The number of hydrogen-bond donors (Lipinski definition) is 0. The predicted octanol–water partition coefficient (Wildman–Crippen LogP) is 4.35. The third kappa shape index (κ3) is 9.06. The van der Waals surface area contributed by atoms with Crippen molar-refractivity contribution >= 4 is 81.0 Å². The van der Waals surface area contributed by atoms with E-state index in [0.29, 0.717) is 23.0 Å². The Labute approximate surface area is 360 Å². The molecule has 324 valence electrons. The molecule has 2 aromatic heterocycles. The molecule has 2 aromatic carbocycles. The maximum Gasteiger partial charge on any atom is 0.305 e. The molecule has 4 aliphatic heterocycles. The van der Waals surface area contributed by atoms with Crippen molar-refractivity contribution in [3.8, 4) is 23.0 Å². The zero-order valence-corrected chi connectivity index (χ0v) is 34.5. The van der Waals surface area contributed by atoms with Crippen molar-refractivity contribution in [3.63, 3.8) is 0 Å². The molecule has 4 aromatic rings. The highest BCUT2D eigenvalue weighted by Gasteiger charge is 2.40. The molecule has 0 aliphatic carbocycles. The molecule has 8 rings (SSSR count). The molecule has 20 heteroatoms. The fourth-order valence-electron chi connectivity index (χ4n) is 7.18. The SMILES string of the molecule is O=C(CCCC(=O)OCC1COc2cscc2O1)OCCN1C(=O)c2ccc3c4c(ccc(c24)C1=O)C(=O)N(CCOC(=O)CCCC(=O)OCC1COc2cscc2O1)C3=O. The van der Waals surface area contributed by atoms with E-state index < -0.39 is 59.7 Å². The summed E-state index contributed by atoms with van der Waals surface area (Å²) in [5.74, 6) is -2.57. The van der Waals surface area contributed by atoms with Crippen LogP contribution in [0, 0.1) is 0 Å². The first kappa shape index (κ1) is 42.2. The van der Waals surface area contributed by atoms with Crippen molar-refractivity contribution in [2.24, 2.45) is 0 Å². The molecule has 0 spiro atoms. The molecule has 4 aliphatic rings. The summed E-state index contributed by atoms with van der Waals surface area (Å²) in [6.45, 7) is -0.643. The van der Waals surface area contributed by atoms with Gasteiger partial charge in [0.05, 0.1) is 13.1 Å². The van der Waals surface area contributed by atoms with Gasteiger partial charge in [-0.25, -0.2) is 0 Å². The number of ether oxygens (including phenoxy) is 8. The van der Waals surface area contributed by atoms with Crippen molar-refractivity contribution in [2.75, 3.05) is 52.7 Å². The van der Waals surface area contributed by atoms with Gasteiger partial charge in [-0.15, -0.1) is 22.7 Å². The number of fused-ring (bicyclic) bond motifs is 2. The quantitative estimate of drug-likeness (QED) is 0.0771. The van der Waals surface area contributed by atoms with Crippen LogP contribution in [-0.2, 0) is 38.1 Å². The molecule has 2 atom stereocenters. The molecule has 2 unspecified atom stereocenters. The van der Waals surface area contributed by atoms with Gasteiger partial charge in [0.15, 0.2) is 35.2 Å². The van der Waals surface area contributed by atoms with Crippen molar-refractivity contribution in [1.82, 2.24) is 9.80 Å². The zero-order chi connectivity index (χ0) is 43.3. The zero-order valence-electron chi connectivity index (χ0n) is 32.9. The number of nitrogens with zero attached hydrogens (tertiary/aromatic N) is 2. The second-order valence-corrected chi connectivity index (χ2v) is 15.9. The number of benzene rings is 2. The summed E-state index contributed by atoms with van der Waals surface area (Å²) in [5.41, 5.74) is 0.356. The van der Waals surface area contributed by atoms with Crippen molar-refractivity contribution in [1.29, 1.82) is 0 Å². The molecule has 18 nitrogen and oxygen atoms in total. The van der Waals surface area contributed by atoms with Crippen molar-refractivity contribution < 1.29 is 76.3 Å². The predicted molar refractivity (Wildman–Crippen MR) is 215 cm³/mol. The fourth-order valence-corrected chi connectivity index (χ4v) is 8.53. The number of esters is 4. The lowest BCUT2D eigenvalue weighted by molar-refractivity contribution is -0.149. The van der Waals surface area contributed by atoms with Crippen LogP contribution in [0.5, 0.6) is 23.0 Å². The number of rotatable bonds is 18. The van der Waals surface area contributed by atoms with Crippen LogP contribution in [0.4, 0.5) is 0 Å². The van der Waals surface area contributed by atoms with E-state index in [-0.39, 0.29) is 124 Å². The van der Waals surface area contributed by atoms with Crippen LogP contribution >= 0.6 is 22.7 Å². The topological polar surface area (TPSA) is 217 Å². The summed E-state index contributed by atoms with van der Waals surface area (Å²) >= 11 is 2.87. The van der Waals surface area contributed by atoms with Crippen LogP contribution in [0.3, 0.4) is 0 Å². The van der Waals surface area contributed by atoms with Crippen LogP contribution in [0.2, 0.25) is 0 Å². The number of hydrogen-bond acceptors (Lipinski definition) is 18. The van der Waals surface area contributed by atoms with Gasteiger partial charge >= 0.3 is 23.9 Å². The molecule has 4 amide bonds. The maximum absolute atomic E-state index is 13.6. The third-order valence-corrected chi connectivity index (χ3v) is 11.6. The van der Waals surface area contributed by atoms with Crippen LogP contribution < -0.4 is 18.9 Å². The van der Waals surface area contributed by atoms with Crippen LogP contribution in [0.15, 0.2) is 45.8 Å². The summed E-state index contributed by atoms with van der Waals surface area (Å²) in [7, 11) is 0. The van der Waals surface area contributed by atoms with E-state index in [1.807, 2.05) is 10.8 Å². The van der Waals surface area contributed by atoms with Gasteiger partial charge in [0.25, 0.3) is 23.6 Å². The molecule has 0 fully saturated rings. The molecule has 6 heterocycles. The van der Waals surface area contributed by atoms with E-state index in [2.05, 4.69) is 0 Å². The lowest BCUT2D eigenvalue weighted by Gasteiger charge is -2.31. The van der Waals surface area contributed by atoms with Crippen LogP contribution in [0.25, 0.3) is 10.8 Å². The monoisotopic (exact) mass is 890 g/mol. The highest BCUT2D eigenvalue weighted by Crippen LogP contribution is 2.39. The number of amides is 4. The Balaban J connectivity index is 0.761. The van der Waals surface area contributed by atoms with Gasteiger partial charge in [-0.1, -0.05) is 0 Å². The first-order valence-electron chi connectivity index (χ1n) is 19.7. The standard InChI is InChI=1S/C42H38N2O16S2/c45-33(3-1-5-35(47)57-17-23-15-55-29-19-61-21-31(29)59-23)53-13-11-43-39(49)25-7-9-27-38-28(10-8-26(37(25)38)40(43)50)42(52)44(41(27)51)12-14-54-34(46)4-2-6-36(48)58-18-24-16-56-30-20-62-22-32(30)60-24/h7-10,19-24H,1-6,11-18H2. The second kappa shape index (κ2) is 18.6. The average molecular weight is 891 g/mol. The normalized spacial score (nSPS) is 17.2. The summed E-state index contributed by atoms with van der Waals surface area (Å²) in [6, 6.07) is 5.60. The molecule has 0 radical (unpaired) electrons. The number of carbonyl (C=O) groups is 8. The summed E-state index contributed by atoms with van der Waals surface area (Å²) < 4.78 is 43.6. The minimum Gasteiger partial charge on any atom is -0.485 e. The van der Waals surface area contributed by atoms with Gasteiger partial charge in [-0.2, -0.15) is 0 Å². The van der Waals surface area contributed by atoms with Crippen molar-refractivity contribution in [2.45, 2.75) is 50.7 Å². The van der Waals surface area contributed by atoms with Gasteiger partial charge in [0, 0.05) is 80.2 Å². The number of imide groups is 2. The summed E-state index contributed by atoms with van der Waals surface area (Å²) in [5, 5.41) is 7.55. The van der Waals surface area contributed by atoms with Gasteiger partial charge in [0.2, 0.25) is 0 Å². The van der Waals surface area contributed by atoms with Gasteiger partial charge in [-0.05, 0) is 37.1 Å². The third-order valence-electron chi connectivity index (χ3n) is 10.2. The lowest BCUT2D eigenvalue weighted by Crippen LogP contribution is -2.45. The van der Waals surface area contributed by atoms with E-state index in [9.17, 15) is 38.4 Å². The van der Waals surface area contributed by atoms with Gasteiger partial charge < -0.3 is 37.9 Å². The van der Waals surface area contributed by atoms with E-state index in [4.69, 9.17) is 37.9 Å². The van der Waals surface area contributed by atoms with E-state index in [1.54, 1.807) is 10.8 Å². The van der Waals surface area contributed by atoms with E-state index >= 15 is 0 Å². The Morgan fingerprint density at radius 3 is 1.23 bits per heavy atom. The molecule has 62 heavy (non-hydrogen) atoms. The molecular weight excluding hydrogens is 853 g/mol. The Bertz CT molecular complexity index is 2220. The highest BCUT2D eigenvalue weighted by atomic mass is 32.1. The molecule has 0 N–H and O–H groups in total. The highest BCUT2D eigenvalue weighted by molar-refractivity contribution is 7.08. The summed E-state index contributed by atoms with van der Waals surface area (Å²) in [6.07, 6.45) is -0.850. The molecule has 0 bridgehead atoms. The molecular formula is C42H38N2O16S2. The Hall–Kier alpha value is -6.54. The van der Waals surface area contributed by atoms with E-state index in [0.717, 1.165) is 9.80 Å². The second-order valence-electron chi connectivity index (χ2n) is 14.4. The van der Waals surface area contributed by atoms with E-state index in [1.165, 1.54) is 46.9 Å². The Morgan fingerprint density at radius 2 is 0.855 bits per heavy atom. The minimum absolute atomic E-state index is 0.00275. The number of thiophene rings is 2. The number of carbonyl (C=O) groups excluding carboxylic acids is 8. The molecule has 0 saturated heterocycles. The Morgan fingerprint density at radius 1 is 0.516 bits per heavy atom. The first-order valence-corrected chi connectivity index (χ1v) is 21.6. The van der Waals surface area contributed by atoms with Crippen molar-refractivity contribution in [3.05, 3.63) is 68.0 Å².